The lowest BCUT2D eigenvalue weighted by Gasteiger charge is -2.19. The van der Waals surface area contributed by atoms with Crippen LogP contribution >= 0.6 is 0 Å². The lowest BCUT2D eigenvalue weighted by atomic mass is 10.2. The molecule has 16 heavy (non-hydrogen) atoms. The minimum absolute atomic E-state index is 0.0404. The number of hydrogen-bond acceptors (Lipinski definition) is 2. The number of benzene rings is 1. The number of rotatable bonds is 3. The van der Waals surface area contributed by atoms with E-state index in [1.807, 2.05) is 38.1 Å². The average Bonchev–Trinajstić information content (AvgIpc) is 3.07. The van der Waals surface area contributed by atoms with Crippen LogP contribution in [-0.4, -0.2) is 30.2 Å². The number of carbonyl (C=O) groups excluding carboxylic acids is 1. The highest BCUT2D eigenvalue weighted by Crippen LogP contribution is 2.12. The molecule has 2 N–H and O–H groups in total. The van der Waals surface area contributed by atoms with Gasteiger partial charge in [-0.15, -0.1) is 0 Å². The van der Waals surface area contributed by atoms with Crippen molar-refractivity contribution >= 4 is 11.7 Å². The van der Waals surface area contributed by atoms with Gasteiger partial charge >= 0.3 is 6.03 Å². The van der Waals surface area contributed by atoms with Crippen molar-refractivity contribution in [2.24, 2.45) is 0 Å². The Balaban J connectivity index is 1.97. The van der Waals surface area contributed by atoms with E-state index in [1.165, 1.54) is 5.56 Å². The van der Waals surface area contributed by atoms with Gasteiger partial charge in [-0.05, 0) is 26.0 Å². The van der Waals surface area contributed by atoms with Crippen LogP contribution < -0.4 is 10.6 Å². The van der Waals surface area contributed by atoms with E-state index in [4.69, 9.17) is 0 Å². The fraction of sp³-hybridized carbons (Fsp3) is 0.417. The summed E-state index contributed by atoms with van der Waals surface area (Å²) in [7, 11) is 0. The molecule has 0 saturated carbocycles. The van der Waals surface area contributed by atoms with Crippen LogP contribution in [0.25, 0.3) is 0 Å². The Morgan fingerprint density at radius 2 is 2.12 bits per heavy atom. The first-order chi connectivity index (χ1) is 7.70. The second-order valence-electron chi connectivity index (χ2n) is 4.01. The smallest absolute Gasteiger partial charge is 0.308 e. The molecule has 4 nitrogen and oxygen atoms in total. The summed E-state index contributed by atoms with van der Waals surface area (Å²) in [6.07, 6.45) is 0.218. The Kier molecular flexibility index (Phi) is 3.10. The van der Waals surface area contributed by atoms with Gasteiger partial charge < -0.3 is 10.2 Å². The molecule has 0 radical (unpaired) electrons. The number of nitrogens with one attached hydrogen (secondary N) is 2. The molecule has 4 heteroatoms. The van der Waals surface area contributed by atoms with Crippen molar-refractivity contribution in [1.29, 1.82) is 0 Å². The van der Waals surface area contributed by atoms with E-state index in [0.717, 1.165) is 18.8 Å². The summed E-state index contributed by atoms with van der Waals surface area (Å²) in [5.74, 6) is 0. The van der Waals surface area contributed by atoms with Gasteiger partial charge in [-0.2, -0.15) is 0 Å². The lowest BCUT2D eigenvalue weighted by molar-refractivity contribution is 0.211. The van der Waals surface area contributed by atoms with Crippen LogP contribution in [0.4, 0.5) is 10.5 Å². The van der Waals surface area contributed by atoms with Gasteiger partial charge in [0.25, 0.3) is 0 Å². The minimum Gasteiger partial charge on any atom is -0.308 e. The zero-order valence-corrected chi connectivity index (χ0v) is 9.66. The summed E-state index contributed by atoms with van der Waals surface area (Å²) >= 11 is 0. The second-order valence-corrected chi connectivity index (χ2v) is 4.01. The number of likely N-dealkylation sites (N-methyl/N-ethyl adjacent to an activating group) is 1. The van der Waals surface area contributed by atoms with Crippen LogP contribution in [0.3, 0.4) is 0 Å². The molecule has 0 aliphatic carbocycles. The van der Waals surface area contributed by atoms with Crippen LogP contribution in [0.2, 0.25) is 0 Å². The van der Waals surface area contributed by atoms with Crippen molar-refractivity contribution in [2.45, 2.75) is 20.0 Å². The number of aryl methyl sites for hydroxylation is 1. The third-order valence-corrected chi connectivity index (χ3v) is 2.67. The maximum Gasteiger partial charge on any atom is 0.323 e. The highest BCUT2D eigenvalue weighted by molar-refractivity contribution is 5.89. The van der Waals surface area contributed by atoms with Crippen molar-refractivity contribution in [3.63, 3.8) is 0 Å². The summed E-state index contributed by atoms with van der Waals surface area (Å²) in [6, 6.07) is 7.77. The molecule has 1 aliphatic heterocycles. The van der Waals surface area contributed by atoms with E-state index in [2.05, 4.69) is 10.6 Å². The molecule has 2 rings (SSSR count). The van der Waals surface area contributed by atoms with Gasteiger partial charge in [-0.3, -0.25) is 5.32 Å². The lowest BCUT2D eigenvalue weighted by Crippen LogP contribution is -2.38. The molecule has 1 unspecified atom stereocenters. The molecular formula is C12H17N3O. The summed E-state index contributed by atoms with van der Waals surface area (Å²) in [4.78, 5) is 13.7. The maximum absolute atomic E-state index is 11.9. The normalized spacial score (nSPS) is 18.0. The predicted octanol–water partition coefficient (Wildman–Crippen LogP) is 1.78. The fourth-order valence-electron chi connectivity index (χ4n) is 1.61. The first-order valence-corrected chi connectivity index (χ1v) is 5.58. The molecule has 1 aliphatic rings. The molecule has 0 bridgehead atoms. The fourth-order valence-corrected chi connectivity index (χ4v) is 1.61. The van der Waals surface area contributed by atoms with Crippen LogP contribution in [0.5, 0.6) is 0 Å². The van der Waals surface area contributed by atoms with E-state index in [9.17, 15) is 4.79 Å². The Morgan fingerprint density at radius 3 is 2.62 bits per heavy atom. The molecule has 1 saturated heterocycles. The summed E-state index contributed by atoms with van der Waals surface area (Å²) in [5, 5.41) is 6.01. The van der Waals surface area contributed by atoms with Gasteiger partial charge in [-0.1, -0.05) is 17.7 Å². The van der Waals surface area contributed by atoms with Gasteiger partial charge in [0.2, 0.25) is 0 Å². The van der Waals surface area contributed by atoms with Crippen LogP contribution in [-0.2, 0) is 0 Å². The second kappa shape index (κ2) is 4.53. The molecule has 86 valence electrons. The van der Waals surface area contributed by atoms with Gasteiger partial charge in [0.1, 0.15) is 0 Å². The Morgan fingerprint density at radius 1 is 1.50 bits per heavy atom. The topological polar surface area (TPSA) is 54.3 Å². The van der Waals surface area contributed by atoms with Gasteiger partial charge in [0.15, 0.2) is 0 Å². The number of urea groups is 1. The van der Waals surface area contributed by atoms with Gasteiger partial charge in [-0.25, -0.2) is 4.79 Å². The van der Waals surface area contributed by atoms with E-state index in [1.54, 1.807) is 4.90 Å². The molecule has 1 aromatic carbocycles. The van der Waals surface area contributed by atoms with Crippen LogP contribution in [0.1, 0.15) is 12.5 Å². The minimum atomic E-state index is -0.0404. The van der Waals surface area contributed by atoms with Crippen molar-refractivity contribution in [2.75, 3.05) is 18.4 Å². The van der Waals surface area contributed by atoms with E-state index < -0.39 is 0 Å². The van der Waals surface area contributed by atoms with Crippen molar-refractivity contribution in [3.8, 4) is 0 Å². The standard InChI is InChI=1S/C12H17N3O/c1-3-15(11-8-13-11)12(16)14-10-6-4-9(2)5-7-10/h4-7,11,13H,3,8H2,1-2H3,(H,14,16). The van der Waals surface area contributed by atoms with E-state index in [-0.39, 0.29) is 12.2 Å². The Bertz CT molecular complexity index is 370. The molecule has 1 atom stereocenters. The van der Waals surface area contributed by atoms with E-state index in [0.29, 0.717) is 0 Å². The van der Waals surface area contributed by atoms with E-state index >= 15 is 0 Å². The number of anilines is 1. The quantitative estimate of drug-likeness (QED) is 0.761. The summed E-state index contributed by atoms with van der Waals surface area (Å²) in [6.45, 7) is 5.62. The number of nitrogens with zero attached hydrogens (tertiary/aromatic N) is 1. The molecule has 0 aromatic heterocycles. The highest BCUT2D eigenvalue weighted by Gasteiger charge is 2.30. The number of amides is 2. The molecular weight excluding hydrogens is 202 g/mol. The summed E-state index contributed by atoms with van der Waals surface area (Å²) in [5.41, 5.74) is 2.03. The Hall–Kier alpha value is -1.55. The maximum atomic E-state index is 11.9. The van der Waals surface area contributed by atoms with Crippen molar-refractivity contribution in [1.82, 2.24) is 10.2 Å². The number of carbonyl (C=O) groups is 1. The zero-order chi connectivity index (χ0) is 11.5. The first kappa shape index (κ1) is 11.0. The molecule has 0 spiro atoms. The van der Waals surface area contributed by atoms with Gasteiger partial charge in [0.05, 0.1) is 6.17 Å². The molecule has 1 fully saturated rings. The first-order valence-electron chi connectivity index (χ1n) is 5.58. The predicted molar refractivity (Wildman–Crippen MR) is 64.4 cm³/mol. The molecule has 1 heterocycles. The highest BCUT2D eigenvalue weighted by atomic mass is 16.2. The van der Waals surface area contributed by atoms with Gasteiger partial charge in [0, 0.05) is 18.8 Å². The molecule has 1 aromatic rings. The zero-order valence-electron chi connectivity index (χ0n) is 9.66. The third kappa shape index (κ3) is 2.52. The average molecular weight is 219 g/mol. The third-order valence-electron chi connectivity index (χ3n) is 2.67. The molecule has 2 amide bonds. The number of hydrogen-bond donors (Lipinski definition) is 2. The SMILES string of the molecule is CCN(C(=O)Nc1ccc(C)cc1)C1CN1. The van der Waals surface area contributed by atoms with Crippen LogP contribution in [0, 0.1) is 6.92 Å². The monoisotopic (exact) mass is 219 g/mol. The van der Waals surface area contributed by atoms with Crippen LogP contribution in [0.15, 0.2) is 24.3 Å². The summed E-state index contributed by atoms with van der Waals surface area (Å²) < 4.78 is 0. The Labute approximate surface area is 95.6 Å². The largest absolute Gasteiger partial charge is 0.323 e. The van der Waals surface area contributed by atoms with Crippen molar-refractivity contribution in [3.05, 3.63) is 29.8 Å². The van der Waals surface area contributed by atoms with Crippen molar-refractivity contribution < 1.29 is 4.79 Å².